The second-order valence-electron chi connectivity index (χ2n) is 7.23. The summed E-state index contributed by atoms with van der Waals surface area (Å²) >= 11 is 0. The Morgan fingerprint density at radius 3 is 2.42 bits per heavy atom. The zero-order valence-electron chi connectivity index (χ0n) is 18.1. The van der Waals surface area contributed by atoms with Crippen LogP contribution >= 0.6 is 0 Å². The SMILES string of the molecule is CCC(=O)N(C)CC(=O)N1N=C(c2ccc(F)cc2)CC1c1ccc(OC)c(OC)c1. The van der Waals surface area contributed by atoms with E-state index in [1.165, 1.54) is 22.0 Å². The normalized spacial score (nSPS) is 15.5. The van der Waals surface area contributed by atoms with Crippen LogP contribution in [0.2, 0.25) is 0 Å². The third-order valence-electron chi connectivity index (χ3n) is 5.24. The molecule has 1 heterocycles. The Morgan fingerprint density at radius 2 is 1.81 bits per heavy atom. The summed E-state index contributed by atoms with van der Waals surface area (Å²) in [7, 11) is 4.69. The van der Waals surface area contributed by atoms with Crippen molar-refractivity contribution < 1.29 is 23.5 Å². The van der Waals surface area contributed by atoms with E-state index in [0.29, 0.717) is 30.1 Å². The Morgan fingerprint density at radius 1 is 1.13 bits per heavy atom. The number of benzene rings is 2. The molecule has 1 unspecified atom stereocenters. The number of rotatable bonds is 7. The summed E-state index contributed by atoms with van der Waals surface area (Å²) < 4.78 is 24.1. The van der Waals surface area contributed by atoms with Gasteiger partial charge in [-0.1, -0.05) is 25.1 Å². The average molecular weight is 427 g/mol. The number of likely N-dealkylation sites (N-methyl/N-ethyl adjacent to an activating group) is 1. The lowest BCUT2D eigenvalue weighted by Crippen LogP contribution is -2.39. The molecule has 8 heteroatoms. The maximum atomic E-state index is 13.4. The van der Waals surface area contributed by atoms with Gasteiger partial charge in [-0.15, -0.1) is 0 Å². The van der Waals surface area contributed by atoms with Crippen molar-refractivity contribution in [2.45, 2.75) is 25.8 Å². The Kier molecular flexibility index (Phi) is 6.89. The van der Waals surface area contributed by atoms with Crippen molar-refractivity contribution in [3.8, 4) is 11.5 Å². The Balaban J connectivity index is 1.95. The summed E-state index contributed by atoms with van der Waals surface area (Å²) in [5.74, 6) is 0.349. The number of ether oxygens (including phenoxy) is 2. The van der Waals surface area contributed by atoms with E-state index in [0.717, 1.165) is 11.1 Å². The monoisotopic (exact) mass is 427 g/mol. The van der Waals surface area contributed by atoms with Gasteiger partial charge in [-0.3, -0.25) is 9.59 Å². The topological polar surface area (TPSA) is 71.4 Å². The molecule has 2 aromatic carbocycles. The van der Waals surface area contributed by atoms with Crippen molar-refractivity contribution in [1.82, 2.24) is 9.91 Å². The van der Waals surface area contributed by atoms with Crippen molar-refractivity contribution in [3.63, 3.8) is 0 Å². The Hall–Kier alpha value is -3.42. The van der Waals surface area contributed by atoms with Gasteiger partial charge in [-0.2, -0.15) is 5.10 Å². The molecule has 164 valence electrons. The van der Waals surface area contributed by atoms with Crippen LogP contribution in [-0.2, 0) is 9.59 Å². The molecule has 2 amide bonds. The Labute approximate surface area is 181 Å². The maximum absolute atomic E-state index is 13.4. The van der Waals surface area contributed by atoms with Gasteiger partial charge < -0.3 is 14.4 Å². The first-order valence-electron chi connectivity index (χ1n) is 9.99. The van der Waals surface area contributed by atoms with E-state index >= 15 is 0 Å². The highest BCUT2D eigenvalue weighted by molar-refractivity contribution is 6.03. The number of amides is 2. The van der Waals surface area contributed by atoms with E-state index in [1.54, 1.807) is 46.4 Å². The summed E-state index contributed by atoms with van der Waals surface area (Å²) in [6, 6.07) is 11.1. The number of nitrogens with zero attached hydrogens (tertiary/aromatic N) is 3. The highest BCUT2D eigenvalue weighted by atomic mass is 19.1. The molecular weight excluding hydrogens is 401 g/mol. The van der Waals surface area contributed by atoms with Crippen LogP contribution in [0.5, 0.6) is 11.5 Å². The third-order valence-corrected chi connectivity index (χ3v) is 5.24. The molecular formula is C23H26FN3O4. The summed E-state index contributed by atoms with van der Waals surface area (Å²) in [6.45, 7) is 1.66. The van der Waals surface area contributed by atoms with Gasteiger partial charge in [0.05, 0.1) is 26.0 Å². The van der Waals surface area contributed by atoms with Crippen molar-refractivity contribution in [3.05, 3.63) is 59.4 Å². The highest BCUT2D eigenvalue weighted by Gasteiger charge is 2.34. The highest BCUT2D eigenvalue weighted by Crippen LogP contribution is 2.37. The average Bonchev–Trinajstić information content (AvgIpc) is 3.24. The molecule has 2 aromatic rings. The molecule has 3 rings (SSSR count). The van der Waals surface area contributed by atoms with Crippen molar-refractivity contribution in [2.75, 3.05) is 27.8 Å². The van der Waals surface area contributed by atoms with Crippen molar-refractivity contribution in [1.29, 1.82) is 0 Å². The van der Waals surface area contributed by atoms with Gasteiger partial charge in [0, 0.05) is 19.9 Å². The van der Waals surface area contributed by atoms with Gasteiger partial charge in [0.25, 0.3) is 5.91 Å². The van der Waals surface area contributed by atoms with Gasteiger partial charge >= 0.3 is 0 Å². The van der Waals surface area contributed by atoms with Crippen LogP contribution < -0.4 is 9.47 Å². The summed E-state index contributed by atoms with van der Waals surface area (Å²) in [5.41, 5.74) is 2.22. The zero-order valence-corrected chi connectivity index (χ0v) is 18.1. The number of hydrogen-bond donors (Lipinski definition) is 0. The molecule has 0 saturated carbocycles. The van der Waals surface area contributed by atoms with Crippen LogP contribution in [-0.4, -0.2) is 55.2 Å². The molecule has 0 spiro atoms. The molecule has 0 N–H and O–H groups in total. The molecule has 0 aliphatic carbocycles. The predicted molar refractivity (Wildman–Crippen MR) is 115 cm³/mol. The fourth-order valence-corrected chi connectivity index (χ4v) is 3.51. The minimum atomic E-state index is -0.391. The predicted octanol–water partition coefficient (Wildman–Crippen LogP) is 3.39. The Bertz CT molecular complexity index is 991. The number of carbonyl (C=O) groups excluding carboxylic acids is 2. The molecule has 7 nitrogen and oxygen atoms in total. The second kappa shape index (κ2) is 9.59. The van der Waals surface area contributed by atoms with Crippen molar-refractivity contribution in [2.24, 2.45) is 5.10 Å². The smallest absolute Gasteiger partial charge is 0.262 e. The lowest BCUT2D eigenvalue weighted by Gasteiger charge is -2.25. The van der Waals surface area contributed by atoms with Crippen LogP contribution in [0.25, 0.3) is 0 Å². The standard InChI is InChI=1S/C23H26FN3O4/c1-5-22(28)26(2)14-23(29)27-19(16-8-11-20(30-3)21(12-16)31-4)13-18(25-27)15-6-9-17(24)10-7-15/h6-12,19H,5,13-14H2,1-4H3. The molecule has 31 heavy (non-hydrogen) atoms. The first kappa shape index (κ1) is 22.3. The first-order chi connectivity index (χ1) is 14.9. The van der Waals surface area contributed by atoms with E-state index in [2.05, 4.69) is 5.10 Å². The largest absolute Gasteiger partial charge is 0.493 e. The molecule has 0 bridgehead atoms. The number of halogens is 1. The van der Waals surface area contributed by atoms with Crippen LogP contribution in [0.15, 0.2) is 47.6 Å². The summed E-state index contributed by atoms with van der Waals surface area (Å²) in [4.78, 5) is 26.4. The van der Waals surface area contributed by atoms with Gasteiger partial charge in [0.1, 0.15) is 12.4 Å². The van der Waals surface area contributed by atoms with Gasteiger partial charge in [-0.05, 0) is 35.4 Å². The molecule has 1 atom stereocenters. The van der Waals surface area contributed by atoms with E-state index in [4.69, 9.17) is 9.47 Å². The third kappa shape index (κ3) is 4.84. The van der Waals surface area contributed by atoms with Crippen LogP contribution in [0, 0.1) is 5.82 Å². The van der Waals surface area contributed by atoms with E-state index in [1.807, 2.05) is 12.1 Å². The lowest BCUT2D eigenvalue weighted by atomic mass is 9.98. The minimum Gasteiger partial charge on any atom is -0.493 e. The molecule has 0 saturated heterocycles. The molecule has 0 aromatic heterocycles. The number of hydrazone groups is 1. The van der Waals surface area contributed by atoms with Crippen LogP contribution in [0.1, 0.15) is 36.9 Å². The second-order valence-corrected chi connectivity index (χ2v) is 7.23. The quantitative estimate of drug-likeness (QED) is 0.679. The van der Waals surface area contributed by atoms with E-state index in [9.17, 15) is 14.0 Å². The molecule has 0 fully saturated rings. The lowest BCUT2D eigenvalue weighted by molar-refractivity contribution is -0.140. The van der Waals surface area contributed by atoms with E-state index in [-0.39, 0.29) is 24.2 Å². The maximum Gasteiger partial charge on any atom is 0.262 e. The number of hydrogen-bond acceptors (Lipinski definition) is 5. The van der Waals surface area contributed by atoms with Gasteiger partial charge in [0.15, 0.2) is 11.5 Å². The molecule has 0 radical (unpaired) electrons. The first-order valence-corrected chi connectivity index (χ1v) is 9.99. The van der Waals surface area contributed by atoms with Gasteiger partial charge in [-0.25, -0.2) is 9.40 Å². The van der Waals surface area contributed by atoms with Crippen LogP contribution in [0.3, 0.4) is 0 Å². The summed E-state index contributed by atoms with van der Waals surface area (Å²) in [6.07, 6.45) is 0.755. The van der Waals surface area contributed by atoms with Gasteiger partial charge in [0.2, 0.25) is 5.91 Å². The fourth-order valence-electron chi connectivity index (χ4n) is 3.51. The minimum absolute atomic E-state index is 0.0866. The number of methoxy groups -OCH3 is 2. The fraction of sp³-hybridized carbons (Fsp3) is 0.348. The van der Waals surface area contributed by atoms with Crippen molar-refractivity contribution >= 4 is 17.5 Å². The zero-order chi connectivity index (χ0) is 22.5. The molecule has 1 aliphatic heterocycles. The molecule has 1 aliphatic rings. The van der Waals surface area contributed by atoms with Crippen LogP contribution in [0.4, 0.5) is 4.39 Å². The van der Waals surface area contributed by atoms with E-state index < -0.39 is 6.04 Å². The summed E-state index contributed by atoms with van der Waals surface area (Å²) in [5, 5.41) is 5.95. The number of carbonyl (C=O) groups is 2.